The number of allylic oxidation sites excluding steroid dienone is 2. The fourth-order valence-corrected chi connectivity index (χ4v) is 0.566. The molecule has 0 aliphatic heterocycles. The molecule has 3 heteroatoms. The van der Waals surface area contributed by atoms with Crippen molar-refractivity contribution in [1.29, 1.82) is 5.41 Å². The van der Waals surface area contributed by atoms with Gasteiger partial charge in [0.1, 0.15) is 5.84 Å². The maximum absolute atomic E-state index is 7.48. The molecule has 0 saturated heterocycles. The van der Waals surface area contributed by atoms with E-state index in [9.17, 15) is 0 Å². The van der Waals surface area contributed by atoms with Crippen LogP contribution in [0.2, 0.25) is 0 Å². The normalized spacial score (nSPS) is 10.9. The highest BCUT2D eigenvalue weighted by molar-refractivity contribution is 6.28. The van der Waals surface area contributed by atoms with Gasteiger partial charge in [0.15, 0.2) is 0 Å². The van der Waals surface area contributed by atoms with Gasteiger partial charge < -0.3 is 4.90 Å². The van der Waals surface area contributed by atoms with Crippen LogP contribution in [-0.2, 0) is 0 Å². The van der Waals surface area contributed by atoms with Crippen molar-refractivity contribution in [1.82, 2.24) is 4.90 Å². The number of rotatable bonds is 3. The van der Waals surface area contributed by atoms with Crippen LogP contribution in [0.15, 0.2) is 29.5 Å². The fourth-order valence-electron chi connectivity index (χ4n) is 0.566. The van der Waals surface area contributed by atoms with Gasteiger partial charge in [-0.15, -0.1) is 0 Å². The second-order valence-electron chi connectivity index (χ2n) is 2.47. The highest BCUT2D eigenvalue weighted by Crippen LogP contribution is 1.89. The van der Waals surface area contributed by atoms with E-state index in [1.165, 1.54) is 6.21 Å². The van der Waals surface area contributed by atoms with Gasteiger partial charge in [-0.25, -0.2) is 0 Å². The minimum Gasteiger partial charge on any atom is -0.336 e. The van der Waals surface area contributed by atoms with E-state index < -0.39 is 0 Å². The van der Waals surface area contributed by atoms with E-state index in [-0.39, 0.29) is 0 Å². The number of amidine groups is 1. The number of nitrogens with one attached hydrogen (secondary N) is 1. The smallest absolute Gasteiger partial charge is 0.143 e. The molecule has 0 fully saturated rings. The Balaban J connectivity index is 4.12. The van der Waals surface area contributed by atoms with Crippen LogP contribution >= 0.6 is 0 Å². The number of hydrogen-bond acceptors (Lipinski definition) is 2. The molecule has 66 valence electrons. The predicted octanol–water partition coefficient (Wildman–Crippen LogP) is 2.03. The van der Waals surface area contributed by atoms with Crippen LogP contribution in [0, 0.1) is 5.41 Å². The Kier molecular flexibility index (Phi) is 4.69. The quantitative estimate of drug-likeness (QED) is 0.504. The van der Waals surface area contributed by atoms with Crippen molar-refractivity contribution in [3.63, 3.8) is 0 Å². The van der Waals surface area contributed by atoms with E-state index in [0.29, 0.717) is 11.5 Å². The van der Waals surface area contributed by atoms with Crippen molar-refractivity contribution in [3.05, 3.63) is 24.6 Å². The monoisotopic (exact) mass is 165 g/mol. The molecule has 0 unspecified atom stereocenters. The van der Waals surface area contributed by atoms with Gasteiger partial charge in [0, 0.05) is 18.9 Å². The minimum atomic E-state index is 0.344. The van der Waals surface area contributed by atoms with Crippen LogP contribution in [0.25, 0.3) is 0 Å². The summed E-state index contributed by atoms with van der Waals surface area (Å²) in [6.45, 7) is 7.29. The third-order valence-electron chi connectivity index (χ3n) is 1.16. The molecule has 0 bridgehead atoms. The molecule has 0 amide bonds. The SMILES string of the molecule is C=C(C)/N=C\C(=N)N(C)/C=C\C. The summed E-state index contributed by atoms with van der Waals surface area (Å²) in [6, 6.07) is 0. The lowest BCUT2D eigenvalue weighted by Gasteiger charge is -2.10. The van der Waals surface area contributed by atoms with Crippen LogP contribution in [-0.4, -0.2) is 24.0 Å². The maximum Gasteiger partial charge on any atom is 0.143 e. The number of aliphatic imine (C=N–C) groups is 1. The van der Waals surface area contributed by atoms with Crippen LogP contribution < -0.4 is 0 Å². The summed E-state index contributed by atoms with van der Waals surface area (Å²) >= 11 is 0. The highest BCUT2D eigenvalue weighted by atomic mass is 15.1. The summed E-state index contributed by atoms with van der Waals surface area (Å²) in [5, 5.41) is 7.48. The molecule has 0 aromatic rings. The average molecular weight is 165 g/mol. The van der Waals surface area contributed by atoms with E-state index in [4.69, 9.17) is 5.41 Å². The van der Waals surface area contributed by atoms with Crippen molar-refractivity contribution in [2.45, 2.75) is 13.8 Å². The van der Waals surface area contributed by atoms with Crippen molar-refractivity contribution in [2.24, 2.45) is 4.99 Å². The minimum absolute atomic E-state index is 0.344. The van der Waals surface area contributed by atoms with Gasteiger partial charge in [-0.1, -0.05) is 12.7 Å². The standard InChI is InChI=1S/C9H15N3/c1-5-6-12(4)9(10)7-11-8(2)3/h5-7,10H,2H2,1,3-4H3/b6-5-,10-9?,11-7-. The van der Waals surface area contributed by atoms with Crippen molar-refractivity contribution >= 4 is 12.1 Å². The van der Waals surface area contributed by atoms with Crippen LogP contribution in [0.4, 0.5) is 0 Å². The van der Waals surface area contributed by atoms with E-state index in [0.717, 1.165) is 0 Å². The van der Waals surface area contributed by atoms with Crippen LogP contribution in [0.1, 0.15) is 13.8 Å². The van der Waals surface area contributed by atoms with Crippen molar-refractivity contribution in [2.75, 3.05) is 7.05 Å². The van der Waals surface area contributed by atoms with Gasteiger partial charge in [-0.05, 0) is 13.8 Å². The third kappa shape index (κ3) is 4.44. The topological polar surface area (TPSA) is 39.5 Å². The molecule has 0 aliphatic carbocycles. The van der Waals surface area contributed by atoms with Gasteiger partial charge in [0.25, 0.3) is 0 Å². The maximum atomic E-state index is 7.48. The molecule has 0 spiro atoms. The second kappa shape index (κ2) is 5.29. The van der Waals surface area contributed by atoms with Gasteiger partial charge in [-0.3, -0.25) is 10.4 Å². The third-order valence-corrected chi connectivity index (χ3v) is 1.16. The lowest BCUT2D eigenvalue weighted by atomic mass is 10.5. The number of hydrogen-bond donors (Lipinski definition) is 1. The van der Waals surface area contributed by atoms with Gasteiger partial charge >= 0.3 is 0 Å². The van der Waals surface area contributed by atoms with Gasteiger partial charge in [0.2, 0.25) is 0 Å². The molecule has 0 atom stereocenters. The largest absolute Gasteiger partial charge is 0.336 e. The highest BCUT2D eigenvalue weighted by Gasteiger charge is 1.94. The zero-order valence-electron chi connectivity index (χ0n) is 7.83. The van der Waals surface area contributed by atoms with E-state index in [1.54, 1.807) is 25.1 Å². The molecule has 0 heterocycles. The Morgan fingerprint density at radius 2 is 2.17 bits per heavy atom. The molecular formula is C9H15N3. The first-order valence-corrected chi connectivity index (χ1v) is 3.71. The zero-order valence-corrected chi connectivity index (χ0v) is 7.83. The first-order chi connectivity index (χ1) is 5.57. The summed E-state index contributed by atoms with van der Waals surface area (Å²) < 4.78 is 0. The first-order valence-electron chi connectivity index (χ1n) is 3.71. The second-order valence-corrected chi connectivity index (χ2v) is 2.47. The summed E-state index contributed by atoms with van der Waals surface area (Å²) in [5.41, 5.74) is 0.702. The van der Waals surface area contributed by atoms with Gasteiger partial charge in [0.05, 0.1) is 6.21 Å². The Labute approximate surface area is 73.6 Å². The summed E-state index contributed by atoms with van der Waals surface area (Å²) in [7, 11) is 1.80. The van der Waals surface area contributed by atoms with Crippen LogP contribution in [0.3, 0.4) is 0 Å². The van der Waals surface area contributed by atoms with E-state index in [2.05, 4.69) is 11.6 Å². The lowest BCUT2D eigenvalue weighted by Crippen LogP contribution is -2.20. The van der Waals surface area contributed by atoms with Crippen molar-refractivity contribution < 1.29 is 0 Å². The predicted molar refractivity (Wildman–Crippen MR) is 53.6 cm³/mol. The van der Waals surface area contributed by atoms with E-state index in [1.807, 2.05) is 13.0 Å². The molecule has 0 radical (unpaired) electrons. The van der Waals surface area contributed by atoms with Gasteiger partial charge in [-0.2, -0.15) is 0 Å². The Morgan fingerprint density at radius 1 is 1.58 bits per heavy atom. The fraction of sp³-hybridized carbons (Fsp3) is 0.333. The summed E-state index contributed by atoms with van der Waals surface area (Å²) in [4.78, 5) is 5.58. The Hall–Kier alpha value is -1.38. The van der Waals surface area contributed by atoms with Crippen molar-refractivity contribution in [3.8, 4) is 0 Å². The molecule has 3 nitrogen and oxygen atoms in total. The average Bonchev–Trinajstić information content (AvgIpc) is 2.00. The molecule has 0 aromatic heterocycles. The number of nitrogens with zero attached hydrogens (tertiary/aromatic N) is 2. The molecule has 1 N–H and O–H groups in total. The molecule has 0 aromatic carbocycles. The zero-order chi connectivity index (χ0) is 9.56. The molecule has 0 saturated carbocycles. The molecular weight excluding hydrogens is 150 g/mol. The first kappa shape index (κ1) is 10.6. The molecule has 0 rings (SSSR count). The summed E-state index contributed by atoms with van der Waals surface area (Å²) in [5.74, 6) is 0.344. The Morgan fingerprint density at radius 3 is 2.58 bits per heavy atom. The van der Waals surface area contributed by atoms with Crippen LogP contribution in [0.5, 0.6) is 0 Å². The molecule has 0 aliphatic rings. The Bertz CT molecular complexity index is 226. The van der Waals surface area contributed by atoms with E-state index >= 15 is 0 Å². The molecule has 12 heavy (non-hydrogen) atoms. The lowest BCUT2D eigenvalue weighted by molar-refractivity contribution is 0.692. The summed E-state index contributed by atoms with van der Waals surface area (Å²) in [6.07, 6.45) is 5.14.